The van der Waals surface area contributed by atoms with Crippen molar-refractivity contribution in [2.45, 2.75) is 24.8 Å². The van der Waals surface area contributed by atoms with E-state index in [-0.39, 0.29) is 5.56 Å². The van der Waals surface area contributed by atoms with E-state index in [9.17, 15) is 4.79 Å². The monoisotopic (exact) mass is 358 g/mol. The lowest BCUT2D eigenvalue weighted by Crippen LogP contribution is -2.38. The number of hydrogen-bond acceptors (Lipinski definition) is 6. The summed E-state index contributed by atoms with van der Waals surface area (Å²) in [4.78, 5) is 25.3. The molecule has 2 aromatic heterocycles. The summed E-state index contributed by atoms with van der Waals surface area (Å²) in [7, 11) is 1.78. The van der Waals surface area contributed by atoms with Gasteiger partial charge in [-0.05, 0) is 31.4 Å². The smallest absolute Gasteiger partial charge is 0.258 e. The summed E-state index contributed by atoms with van der Waals surface area (Å²) in [6.45, 7) is 3.32. The first-order valence-electron chi connectivity index (χ1n) is 7.81. The van der Waals surface area contributed by atoms with Gasteiger partial charge in [0, 0.05) is 24.9 Å². The Morgan fingerprint density at radius 1 is 1.29 bits per heavy atom. The second kappa shape index (κ2) is 5.89. The standard InChI is InChI=1S/C17H18N4OS2/c1-10-18-13-6-7-21(9-12(13)16(22)20(10)2)17-19-14-5-4-11(23-3)8-15(14)24-17/h4-5,8H,6-7,9H2,1-3H3. The number of thioether (sulfide) groups is 1. The van der Waals surface area contributed by atoms with Crippen molar-refractivity contribution in [3.63, 3.8) is 0 Å². The van der Waals surface area contributed by atoms with E-state index in [1.807, 2.05) is 6.92 Å². The molecule has 0 unspecified atom stereocenters. The largest absolute Gasteiger partial charge is 0.343 e. The molecule has 0 spiro atoms. The Bertz CT molecular complexity index is 992. The molecule has 7 heteroatoms. The molecule has 0 radical (unpaired) electrons. The zero-order chi connectivity index (χ0) is 16.8. The third-order valence-corrected chi connectivity index (χ3v) is 6.32. The maximum atomic E-state index is 12.5. The molecule has 0 N–H and O–H groups in total. The molecular formula is C17H18N4OS2. The Balaban J connectivity index is 1.72. The van der Waals surface area contributed by atoms with Gasteiger partial charge in [0.1, 0.15) is 5.82 Å². The van der Waals surface area contributed by atoms with E-state index < -0.39 is 0 Å². The van der Waals surface area contributed by atoms with Gasteiger partial charge in [0.15, 0.2) is 5.13 Å². The quantitative estimate of drug-likeness (QED) is 0.659. The molecule has 0 saturated carbocycles. The first-order chi connectivity index (χ1) is 11.6. The lowest BCUT2D eigenvalue weighted by atomic mass is 10.1. The normalized spacial score (nSPS) is 14.2. The Morgan fingerprint density at radius 2 is 2.12 bits per heavy atom. The predicted octanol–water partition coefficient (Wildman–Crippen LogP) is 2.98. The van der Waals surface area contributed by atoms with Gasteiger partial charge in [-0.2, -0.15) is 0 Å². The topological polar surface area (TPSA) is 51.0 Å². The van der Waals surface area contributed by atoms with Crippen LogP contribution in [0.5, 0.6) is 0 Å². The van der Waals surface area contributed by atoms with Gasteiger partial charge < -0.3 is 4.90 Å². The highest BCUT2D eigenvalue weighted by Gasteiger charge is 2.24. The molecule has 0 aliphatic carbocycles. The molecule has 4 rings (SSSR count). The van der Waals surface area contributed by atoms with E-state index >= 15 is 0 Å². The minimum absolute atomic E-state index is 0.0629. The van der Waals surface area contributed by atoms with Crippen LogP contribution in [0.3, 0.4) is 0 Å². The number of rotatable bonds is 2. The predicted molar refractivity (Wildman–Crippen MR) is 100 cm³/mol. The second-order valence-corrected chi connectivity index (χ2v) is 7.84. The van der Waals surface area contributed by atoms with Crippen LogP contribution < -0.4 is 10.5 Å². The van der Waals surface area contributed by atoms with Crippen LogP contribution >= 0.6 is 23.1 Å². The zero-order valence-corrected chi connectivity index (χ0v) is 15.5. The Hall–Kier alpha value is -1.86. The zero-order valence-electron chi connectivity index (χ0n) is 13.9. The van der Waals surface area contributed by atoms with Crippen LogP contribution in [0.2, 0.25) is 0 Å². The van der Waals surface area contributed by atoms with E-state index in [0.29, 0.717) is 6.54 Å². The van der Waals surface area contributed by atoms with Crippen LogP contribution in [-0.2, 0) is 20.0 Å². The van der Waals surface area contributed by atoms with Crippen molar-refractivity contribution in [2.24, 2.45) is 7.05 Å². The average molecular weight is 358 g/mol. The van der Waals surface area contributed by atoms with Gasteiger partial charge in [0.2, 0.25) is 0 Å². The van der Waals surface area contributed by atoms with Crippen LogP contribution in [0.15, 0.2) is 27.9 Å². The van der Waals surface area contributed by atoms with Crippen LogP contribution in [-0.4, -0.2) is 27.3 Å². The summed E-state index contributed by atoms with van der Waals surface area (Å²) >= 11 is 3.43. The molecule has 1 aliphatic rings. The number of anilines is 1. The molecule has 24 heavy (non-hydrogen) atoms. The molecule has 0 amide bonds. The van der Waals surface area contributed by atoms with Crippen LogP contribution in [0.4, 0.5) is 5.13 Å². The third kappa shape index (κ3) is 2.52. The van der Waals surface area contributed by atoms with E-state index in [2.05, 4.69) is 34.3 Å². The maximum Gasteiger partial charge on any atom is 0.258 e. The Labute approximate surface area is 148 Å². The summed E-state index contributed by atoms with van der Waals surface area (Å²) in [6.07, 6.45) is 2.87. The fourth-order valence-electron chi connectivity index (χ4n) is 3.01. The Kier molecular flexibility index (Phi) is 3.85. The maximum absolute atomic E-state index is 12.5. The van der Waals surface area contributed by atoms with Crippen molar-refractivity contribution in [2.75, 3.05) is 17.7 Å². The number of hydrogen-bond donors (Lipinski definition) is 0. The first-order valence-corrected chi connectivity index (χ1v) is 9.86. The fraction of sp³-hybridized carbons (Fsp3) is 0.353. The summed E-state index contributed by atoms with van der Waals surface area (Å²) in [5.41, 5.74) is 2.83. The molecular weight excluding hydrogens is 340 g/mol. The number of thiazole rings is 1. The number of nitrogens with zero attached hydrogens (tertiary/aromatic N) is 4. The van der Waals surface area contributed by atoms with E-state index in [1.54, 1.807) is 34.7 Å². The molecule has 0 bridgehead atoms. The second-order valence-electron chi connectivity index (χ2n) is 5.95. The summed E-state index contributed by atoms with van der Waals surface area (Å²) in [5, 5.41) is 0.983. The van der Waals surface area contributed by atoms with Crippen molar-refractivity contribution in [3.8, 4) is 0 Å². The van der Waals surface area contributed by atoms with Crippen LogP contribution in [0.1, 0.15) is 17.1 Å². The summed E-state index contributed by atoms with van der Waals surface area (Å²) in [5.74, 6) is 0.775. The van der Waals surface area contributed by atoms with Crippen molar-refractivity contribution in [1.29, 1.82) is 0 Å². The van der Waals surface area contributed by atoms with Gasteiger partial charge in [-0.3, -0.25) is 9.36 Å². The van der Waals surface area contributed by atoms with Crippen LogP contribution in [0, 0.1) is 6.92 Å². The lowest BCUT2D eigenvalue weighted by Gasteiger charge is -2.27. The highest BCUT2D eigenvalue weighted by atomic mass is 32.2. The SMILES string of the molecule is CSc1ccc2nc(N3CCc4nc(C)n(C)c(=O)c4C3)sc2c1. The molecule has 0 saturated heterocycles. The number of fused-ring (bicyclic) bond motifs is 2. The third-order valence-electron chi connectivity index (χ3n) is 4.52. The van der Waals surface area contributed by atoms with Crippen molar-refractivity contribution in [1.82, 2.24) is 14.5 Å². The van der Waals surface area contributed by atoms with Gasteiger partial charge >= 0.3 is 0 Å². The highest BCUT2D eigenvalue weighted by molar-refractivity contribution is 7.98. The van der Waals surface area contributed by atoms with Gasteiger partial charge in [0.25, 0.3) is 5.56 Å². The van der Waals surface area contributed by atoms with Crippen LogP contribution in [0.25, 0.3) is 10.2 Å². The van der Waals surface area contributed by atoms with Gasteiger partial charge in [-0.15, -0.1) is 11.8 Å². The van der Waals surface area contributed by atoms with E-state index in [4.69, 9.17) is 4.98 Å². The molecule has 124 valence electrons. The Morgan fingerprint density at radius 3 is 2.92 bits per heavy atom. The van der Waals surface area contributed by atoms with E-state index in [0.717, 1.165) is 40.7 Å². The average Bonchev–Trinajstić information content (AvgIpc) is 3.02. The number of aryl methyl sites for hydroxylation is 1. The molecule has 1 aromatic carbocycles. The summed E-state index contributed by atoms with van der Waals surface area (Å²) in [6, 6.07) is 6.36. The molecule has 1 aliphatic heterocycles. The fourth-order valence-corrected chi connectivity index (χ4v) is 4.55. The molecule has 5 nitrogen and oxygen atoms in total. The first kappa shape index (κ1) is 15.7. The van der Waals surface area contributed by atoms with Gasteiger partial charge in [-0.1, -0.05) is 11.3 Å². The number of benzene rings is 1. The molecule has 3 heterocycles. The summed E-state index contributed by atoms with van der Waals surface area (Å²) < 4.78 is 2.82. The van der Waals surface area contributed by atoms with Gasteiger partial charge in [0.05, 0.1) is 28.0 Å². The highest BCUT2D eigenvalue weighted by Crippen LogP contribution is 2.33. The number of aromatic nitrogens is 3. The molecule has 0 fully saturated rings. The van der Waals surface area contributed by atoms with E-state index in [1.165, 1.54) is 9.60 Å². The van der Waals surface area contributed by atoms with Crippen molar-refractivity contribution < 1.29 is 0 Å². The molecule has 3 aromatic rings. The van der Waals surface area contributed by atoms with Crippen molar-refractivity contribution >= 4 is 38.4 Å². The minimum Gasteiger partial charge on any atom is -0.343 e. The molecule has 0 atom stereocenters. The van der Waals surface area contributed by atoms with Gasteiger partial charge in [-0.25, -0.2) is 9.97 Å². The minimum atomic E-state index is 0.0629. The van der Waals surface area contributed by atoms with Crippen molar-refractivity contribution in [3.05, 3.63) is 45.6 Å². The lowest BCUT2D eigenvalue weighted by molar-refractivity contribution is 0.654.